The van der Waals surface area contributed by atoms with Crippen molar-refractivity contribution in [2.45, 2.75) is 76.9 Å². The number of rotatable bonds is 7. The first-order chi connectivity index (χ1) is 16.5. The summed E-state index contributed by atoms with van der Waals surface area (Å²) < 4.78 is 0. The van der Waals surface area contributed by atoms with Gasteiger partial charge in [-0.3, -0.25) is 14.6 Å². The molecule has 4 rings (SSSR count). The van der Waals surface area contributed by atoms with Crippen LogP contribution in [-0.2, 0) is 9.59 Å². The highest BCUT2D eigenvalue weighted by molar-refractivity contribution is 5.90. The van der Waals surface area contributed by atoms with Crippen LogP contribution in [0.15, 0.2) is 42.6 Å². The summed E-state index contributed by atoms with van der Waals surface area (Å²) in [7, 11) is 1.77. The Morgan fingerprint density at radius 1 is 1.06 bits per heavy atom. The van der Waals surface area contributed by atoms with E-state index in [9.17, 15) is 9.59 Å². The fourth-order valence-corrected chi connectivity index (χ4v) is 5.48. The van der Waals surface area contributed by atoms with Crippen molar-refractivity contribution < 1.29 is 9.59 Å². The number of aryl methyl sites for hydroxylation is 1. The molecule has 34 heavy (non-hydrogen) atoms. The number of hydrogen-bond acceptors (Lipinski definition) is 4. The zero-order valence-corrected chi connectivity index (χ0v) is 20.7. The van der Waals surface area contributed by atoms with E-state index in [2.05, 4.69) is 40.7 Å². The molecule has 6 heteroatoms. The Labute approximate surface area is 203 Å². The van der Waals surface area contributed by atoms with E-state index < -0.39 is 6.04 Å². The molecule has 0 radical (unpaired) electrons. The van der Waals surface area contributed by atoms with Gasteiger partial charge in [-0.2, -0.15) is 0 Å². The third-order valence-electron chi connectivity index (χ3n) is 7.64. The number of likely N-dealkylation sites (tertiary alicyclic amines) is 1. The van der Waals surface area contributed by atoms with Crippen LogP contribution >= 0.6 is 0 Å². The highest BCUT2D eigenvalue weighted by Crippen LogP contribution is 2.36. The van der Waals surface area contributed by atoms with E-state index in [1.807, 2.05) is 36.2 Å². The van der Waals surface area contributed by atoms with Crippen LogP contribution in [0.3, 0.4) is 0 Å². The first kappa shape index (κ1) is 24.4. The molecule has 3 unspecified atom stereocenters. The molecule has 2 aromatic rings. The molecule has 1 aliphatic carbocycles. The number of pyridine rings is 1. The predicted molar refractivity (Wildman–Crippen MR) is 135 cm³/mol. The van der Waals surface area contributed by atoms with Crippen molar-refractivity contribution in [2.24, 2.45) is 5.92 Å². The summed E-state index contributed by atoms with van der Waals surface area (Å²) in [6.07, 6.45) is 9.21. The minimum atomic E-state index is -0.457. The molecular formula is C28H38N4O2. The van der Waals surface area contributed by atoms with Crippen LogP contribution in [-0.4, -0.2) is 47.4 Å². The third kappa shape index (κ3) is 5.33. The average Bonchev–Trinajstić information content (AvgIpc) is 3.37. The Balaban J connectivity index is 1.59. The maximum absolute atomic E-state index is 14.0. The van der Waals surface area contributed by atoms with Crippen molar-refractivity contribution >= 4 is 11.8 Å². The van der Waals surface area contributed by atoms with Crippen molar-refractivity contribution in [1.82, 2.24) is 20.5 Å². The number of hydrogen-bond donors (Lipinski definition) is 2. The lowest BCUT2D eigenvalue weighted by Crippen LogP contribution is -2.55. The van der Waals surface area contributed by atoms with Gasteiger partial charge in [0.05, 0.1) is 17.8 Å². The third-order valence-corrected chi connectivity index (χ3v) is 7.64. The molecule has 2 aliphatic rings. The Kier molecular flexibility index (Phi) is 7.99. The first-order valence-corrected chi connectivity index (χ1v) is 12.8. The lowest BCUT2D eigenvalue weighted by atomic mass is 9.83. The summed E-state index contributed by atoms with van der Waals surface area (Å²) in [5.41, 5.74) is 4.37. The molecule has 0 spiro atoms. The number of aromatic nitrogens is 1. The van der Waals surface area contributed by atoms with Crippen molar-refractivity contribution in [1.29, 1.82) is 0 Å². The van der Waals surface area contributed by atoms with E-state index in [4.69, 9.17) is 0 Å². The van der Waals surface area contributed by atoms with Gasteiger partial charge in [-0.15, -0.1) is 0 Å². The van der Waals surface area contributed by atoms with Gasteiger partial charge in [0, 0.05) is 18.3 Å². The number of amides is 2. The number of nitrogens with one attached hydrogen (secondary N) is 2. The lowest BCUT2D eigenvalue weighted by Gasteiger charge is -2.35. The van der Waals surface area contributed by atoms with Crippen LogP contribution in [0.25, 0.3) is 11.3 Å². The van der Waals surface area contributed by atoms with Gasteiger partial charge in [-0.1, -0.05) is 43.5 Å². The Bertz CT molecular complexity index is 1000. The fourth-order valence-electron chi connectivity index (χ4n) is 5.48. The van der Waals surface area contributed by atoms with Gasteiger partial charge in [0.15, 0.2) is 0 Å². The minimum Gasteiger partial charge on any atom is -0.343 e. The molecule has 0 bridgehead atoms. The number of carbonyl (C=O) groups excluding carboxylic acids is 2. The van der Waals surface area contributed by atoms with Crippen molar-refractivity contribution in [3.63, 3.8) is 0 Å². The molecule has 2 heterocycles. The number of nitrogens with zero attached hydrogens (tertiary/aromatic N) is 2. The SMILES string of the molecule is CNC(C)C(=O)NC(C(=O)N1CCCC1c1ccnc(-c2ccccc2C)c1)C1CCCCC1. The van der Waals surface area contributed by atoms with E-state index in [1.54, 1.807) is 7.05 Å². The van der Waals surface area contributed by atoms with Crippen LogP contribution in [0.5, 0.6) is 0 Å². The van der Waals surface area contributed by atoms with E-state index >= 15 is 0 Å². The largest absolute Gasteiger partial charge is 0.343 e. The molecule has 2 N–H and O–H groups in total. The van der Waals surface area contributed by atoms with Crippen LogP contribution in [0, 0.1) is 12.8 Å². The lowest BCUT2D eigenvalue weighted by molar-refractivity contribution is -0.139. The minimum absolute atomic E-state index is 0.0167. The Hall–Kier alpha value is -2.73. The number of likely N-dealkylation sites (N-methyl/N-ethyl adjacent to an activating group) is 1. The molecule has 1 saturated carbocycles. The summed E-state index contributed by atoms with van der Waals surface area (Å²) in [5.74, 6) is 0.170. The summed E-state index contributed by atoms with van der Waals surface area (Å²) in [6.45, 7) is 4.66. The van der Waals surface area contributed by atoms with E-state index in [-0.39, 0.29) is 29.8 Å². The monoisotopic (exact) mass is 462 g/mol. The van der Waals surface area contributed by atoms with E-state index in [0.29, 0.717) is 0 Å². The average molecular weight is 463 g/mol. The van der Waals surface area contributed by atoms with Crippen molar-refractivity contribution in [2.75, 3.05) is 13.6 Å². The van der Waals surface area contributed by atoms with Crippen LogP contribution in [0.4, 0.5) is 0 Å². The highest BCUT2D eigenvalue weighted by atomic mass is 16.2. The zero-order valence-electron chi connectivity index (χ0n) is 20.7. The molecular weight excluding hydrogens is 424 g/mol. The maximum Gasteiger partial charge on any atom is 0.245 e. The smallest absolute Gasteiger partial charge is 0.245 e. The molecule has 3 atom stereocenters. The van der Waals surface area contributed by atoms with Crippen LogP contribution in [0.1, 0.15) is 69.0 Å². The van der Waals surface area contributed by atoms with Gasteiger partial charge in [-0.25, -0.2) is 0 Å². The topological polar surface area (TPSA) is 74.3 Å². The molecule has 2 fully saturated rings. The summed E-state index contributed by atoms with van der Waals surface area (Å²) in [5, 5.41) is 6.12. The van der Waals surface area contributed by atoms with Gasteiger partial charge in [0.2, 0.25) is 11.8 Å². The Morgan fingerprint density at radius 3 is 2.56 bits per heavy atom. The van der Waals surface area contributed by atoms with Gasteiger partial charge < -0.3 is 15.5 Å². The normalized spacial score (nSPS) is 20.7. The molecule has 6 nitrogen and oxygen atoms in total. The second-order valence-corrected chi connectivity index (χ2v) is 9.87. The van der Waals surface area contributed by atoms with Gasteiger partial charge in [0.1, 0.15) is 6.04 Å². The summed E-state index contributed by atoms with van der Waals surface area (Å²) in [6, 6.07) is 11.7. The summed E-state index contributed by atoms with van der Waals surface area (Å²) in [4.78, 5) is 33.4. The van der Waals surface area contributed by atoms with Crippen LogP contribution < -0.4 is 10.6 Å². The number of carbonyl (C=O) groups is 2. The fraction of sp³-hybridized carbons (Fsp3) is 0.536. The highest BCUT2D eigenvalue weighted by Gasteiger charge is 2.39. The standard InChI is InChI=1S/C28H38N4O2/c1-19-10-7-8-13-23(19)24-18-22(15-16-30-24)25-14-9-17-32(25)28(34)26(21-11-5-4-6-12-21)31-27(33)20(2)29-3/h7-8,10,13,15-16,18,20-21,25-26,29H,4-6,9,11-12,14,17H2,1-3H3,(H,31,33). The Morgan fingerprint density at radius 2 is 1.82 bits per heavy atom. The maximum atomic E-state index is 14.0. The van der Waals surface area contributed by atoms with Crippen LogP contribution in [0.2, 0.25) is 0 Å². The molecule has 1 aromatic carbocycles. The molecule has 1 aliphatic heterocycles. The first-order valence-electron chi connectivity index (χ1n) is 12.8. The van der Waals surface area contributed by atoms with Crippen molar-refractivity contribution in [3.05, 3.63) is 53.7 Å². The molecule has 1 saturated heterocycles. The predicted octanol–water partition coefficient (Wildman–Crippen LogP) is 4.39. The molecule has 1 aromatic heterocycles. The van der Waals surface area contributed by atoms with Gasteiger partial charge in [-0.05, 0) is 75.8 Å². The summed E-state index contributed by atoms with van der Waals surface area (Å²) >= 11 is 0. The van der Waals surface area contributed by atoms with Gasteiger partial charge >= 0.3 is 0 Å². The molecule has 182 valence electrons. The second-order valence-electron chi connectivity index (χ2n) is 9.87. The van der Waals surface area contributed by atoms with E-state index in [0.717, 1.165) is 61.9 Å². The van der Waals surface area contributed by atoms with Crippen molar-refractivity contribution in [3.8, 4) is 11.3 Å². The quantitative estimate of drug-likeness (QED) is 0.640. The zero-order chi connectivity index (χ0) is 24.1. The number of benzene rings is 1. The van der Waals surface area contributed by atoms with E-state index in [1.165, 1.54) is 12.0 Å². The molecule has 2 amide bonds. The van der Waals surface area contributed by atoms with Gasteiger partial charge in [0.25, 0.3) is 0 Å². The second kappa shape index (κ2) is 11.1.